The summed E-state index contributed by atoms with van der Waals surface area (Å²) in [4.78, 5) is 31.8. The first-order valence-corrected chi connectivity index (χ1v) is 8.32. The summed E-state index contributed by atoms with van der Waals surface area (Å²) < 4.78 is 0. The number of benzene rings is 2. The molecule has 0 fully saturated rings. The summed E-state index contributed by atoms with van der Waals surface area (Å²) in [5.74, 6) is 0.0906. The third-order valence-electron chi connectivity index (χ3n) is 3.23. The van der Waals surface area contributed by atoms with Gasteiger partial charge in [0.2, 0.25) is 0 Å². The molecule has 0 atom stereocenters. The minimum atomic E-state index is -5.05. The Hall–Kier alpha value is -1.25. The van der Waals surface area contributed by atoms with Gasteiger partial charge in [0.1, 0.15) is 0 Å². The molecular weight excluding hydrogens is 259 g/mol. The van der Waals surface area contributed by atoms with Crippen molar-refractivity contribution in [1.29, 1.82) is 0 Å². The molecule has 0 spiro atoms. The molecule has 0 bridgehead atoms. The van der Waals surface area contributed by atoms with Gasteiger partial charge in [0.25, 0.3) is 0 Å². The zero-order valence-electron chi connectivity index (χ0n) is 11.1. The van der Waals surface area contributed by atoms with E-state index in [1.54, 1.807) is 30.3 Å². The van der Waals surface area contributed by atoms with Crippen LogP contribution in [0, 0.1) is 0 Å². The topological polar surface area (TPSA) is 60.7 Å². The van der Waals surface area contributed by atoms with Crippen LogP contribution in [0.15, 0.2) is 54.6 Å². The van der Waals surface area contributed by atoms with Crippen molar-refractivity contribution in [1.82, 2.24) is 0 Å². The summed E-state index contributed by atoms with van der Waals surface area (Å²) in [6.45, 7) is 3.91. The molecule has 0 amide bonds. The molecule has 0 aromatic heterocycles. The van der Waals surface area contributed by atoms with Gasteiger partial charge >= 0.3 is 112 Å². The van der Waals surface area contributed by atoms with E-state index in [4.69, 9.17) is 0 Å². The van der Waals surface area contributed by atoms with E-state index in [0.717, 1.165) is 5.56 Å². The quantitative estimate of drug-likeness (QED) is 0.753. The van der Waals surface area contributed by atoms with E-state index < -0.39 is 7.28 Å². The van der Waals surface area contributed by atoms with E-state index >= 15 is 0 Å². The van der Waals surface area contributed by atoms with Crippen molar-refractivity contribution in [2.75, 3.05) is 0 Å². The van der Waals surface area contributed by atoms with Gasteiger partial charge in [0.05, 0.1) is 0 Å². The molecule has 0 aliphatic heterocycles. The maximum atomic E-state index is 10.6. The molecule has 0 unspecified atom stereocenters. The fourth-order valence-corrected chi connectivity index (χ4v) is 4.36. The van der Waals surface area contributed by atoms with Gasteiger partial charge in [-0.05, 0) is 0 Å². The normalized spacial score (nSPS) is 14.1. The van der Waals surface area contributed by atoms with Crippen LogP contribution in [0.4, 0.5) is 0 Å². The molecule has 102 valence electrons. The second-order valence-corrected chi connectivity index (χ2v) is 7.99. The van der Waals surface area contributed by atoms with Crippen molar-refractivity contribution in [3.8, 4) is 0 Å². The monoisotopic (exact) mass is 278 g/mol. The summed E-state index contributed by atoms with van der Waals surface area (Å²) in [7, 11) is -5.05. The molecular formula is C15H19O3P. The molecule has 19 heavy (non-hydrogen) atoms. The fourth-order valence-electron chi connectivity index (χ4n) is 2.19. The van der Waals surface area contributed by atoms with Gasteiger partial charge in [-0.15, -0.1) is 0 Å². The Morgan fingerprint density at radius 1 is 0.789 bits per heavy atom. The number of rotatable bonds is 3. The van der Waals surface area contributed by atoms with E-state index in [9.17, 15) is 14.7 Å². The Balaban J connectivity index is 2.69. The number of hydrogen-bond acceptors (Lipinski definition) is 3. The minimum absolute atomic E-state index is 0.0906. The predicted molar refractivity (Wildman–Crippen MR) is 79.8 cm³/mol. The first-order chi connectivity index (χ1) is 8.81. The van der Waals surface area contributed by atoms with Gasteiger partial charge in [-0.1, -0.05) is 0 Å². The zero-order chi connectivity index (χ0) is 14.1. The average Bonchev–Trinajstić information content (AvgIpc) is 2.39. The van der Waals surface area contributed by atoms with Crippen LogP contribution in [-0.2, 0) is 0 Å². The van der Waals surface area contributed by atoms with Gasteiger partial charge in [-0.25, -0.2) is 0 Å². The van der Waals surface area contributed by atoms with Gasteiger partial charge < -0.3 is 0 Å². The SMILES string of the molecule is CC(C)c1ccccc1P(O)(O)(O)c1ccccc1. The van der Waals surface area contributed by atoms with Crippen LogP contribution in [0.1, 0.15) is 25.3 Å². The summed E-state index contributed by atoms with van der Waals surface area (Å²) in [6, 6.07) is 15.1. The summed E-state index contributed by atoms with van der Waals surface area (Å²) in [5, 5.41) is 0.372. The van der Waals surface area contributed by atoms with Crippen molar-refractivity contribution in [3.63, 3.8) is 0 Å². The second kappa shape index (κ2) is 4.69. The summed E-state index contributed by atoms with van der Waals surface area (Å²) in [5.41, 5.74) is 0.747. The molecule has 0 heterocycles. The van der Waals surface area contributed by atoms with Gasteiger partial charge in [-0.3, -0.25) is 0 Å². The van der Waals surface area contributed by atoms with E-state index in [2.05, 4.69) is 0 Å². The molecule has 0 aliphatic rings. The van der Waals surface area contributed by atoms with E-state index in [1.165, 1.54) is 12.1 Å². The third-order valence-corrected chi connectivity index (χ3v) is 5.78. The molecule has 2 rings (SSSR count). The van der Waals surface area contributed by atoms with Crippen LogP contribution >= 0.6 is 7.28 Å². The molecule has 3 N–H and O–H groups in total. The Labute approximate surface area is 113 Å². The Bertz CT molecular complexity index is 571. The van der Waals surface area contributed by atoms with Crippen molar-refractivity contribution in [2.45, 2.75) is 19.8 Å². The van der Waals surface area contributed by atoms with E-state index in [-0.39, 0.29) is 16.5 Å². The van der Waals surface area contributed by atoms with Gasteiger partial charge in [0.15, 0.2) is 0 Å². The van der Waals surface area contributed by atoms with Crippen LogP contribution in [0.2, 0.25) is 0 Å². The predicted octanol–water partition coefficient (Wildman–Crippen LogP) is 2.04. The summed E-state index contributed by atoms with van der Waals surface area (Å²) >= 11 is 0. The average molecular weight is 278 g/mol. The molecule has 4 heteroatoms. The van der Waals surface area contributed by atoms with Crippen molar-refractivity contribution >= 4 is 17.9 Å². The Morgan fingerprint density at radius 2 is 1.32 bits per heavy atom. The van der Waals surface area contributed by atoms with Crippen LogP contribution in [-0.4, -0.2) is 14.7 Å². The fraction of sp³-hybridized carbons (Fsp3) is 0.200. The maximum absolute atomic E-state index is 10.6. The van der Waals surface area contributed by atoms with Crippen LogP contribution in [0.25, 0.3) is 0 Å². The molecule has 0 saturated carbocycles. The van der Waals surface area contributed by atoms with Crippen molar-refractivity contribution in [2.24, 2.45) is 0 Å². The zero-order valence-corrected chi connectivity index (χ0v) is 12.0. The first kappa shape index (κ1) is 14.2. The molecule has 0 saturated heterocycles. The van der Waals surface area contributed by atoms with Crippen LogP contribution < -0.4 is 10.6 Å². The molecule has 0 radical (unpaired) electrons. The summed E-state index contributed by atoms with van der Waals surface area (Å²) in [6.07, 6.45) is 0. The second-order valence-electron chi connectivity index (χ2n) is 5.03. The Morgan fingerprint density at radius 3 is 1.89 bits per heavy atom. The van der Waals surface area contributed by atoms with E-state index in [1.807, 2.05) is 26.0 Å². The van der Waals surface area contributed by atoms with E-state index in [0.29, 0.717) is 0 Å². The molecule has 2 aromatic rings. The number of hydrogen-bond donors (Lipinski definition) is 3. The standard InChI is InChI=1S/C15H19O3P/c1-12(2)14-10-6-7-11-15(14)19(16,17,18)13-8-4-3-5-9-13/h3-12,16-18H,1-2H3. The molecule has 3 nitrogen and oxygen atoms in total. The Kier molecular flexibility index (Phi) is 3.50. The van der Waals surface area contributed by atoms with Crippen LogP contribution in [0.5, 0.6) is 0 Å². The van der Waals surface area contributed by atoms with Crippen LogP contribution in [0.3, 0.4) is 0 Å². The van der Waals surface area contributed by atoms with Gasteiger partial charge in [0, 0.05) is 0 Å². The molecule has 0 aliphatic carbocycles. The van der Waals surface area contributed by atoms with Crippen molar-refractivity contribution < 1.29 is 14.7 Å². The molecule has 2 aromatic carbocycles. The van der Waals surface area contributed by atoms with Crippen molar-refractivity contribution in [3.05, 3.63) is 60.2 Å². The van der Waals surface area contributed by atoms with Gasteiger partial charge in [-0.2, -0.15) is 0 Å². The first-order valence-electron chi connectivity index (χ1n) is 6.23. The third kappa shape index (κ3) is 2.56.